The van der Waals surface area contributed by atoms with Gasteiger partial charge in [0.2, 0.25) is 0 Å². The average molecular weight is 409 g/mol. The van der Waals surface area contributed by atoms with Crippen LogP contribution in [0.4, 0.5) is 5.82 Å². The van der Waals surface area contributed by atoms with E-state index in [1.54, 1.807) is 14.2 Å². The second-order valence-corrected chi connectivity index (χ2v) is 7.23. The van der Waals surface area contributed by atoms with Crippen molar-refractivity contribution in [2.24, 2.45) is 0 Å². The fourth-order valence-electron chi connectivity index (χ4n) is 3.61. The Bertz CT molecular complexity index is 991. The van der Waals surface area contributed by atoms with E-state index in [0.717, 1.165) is 35.4 Å². The van der Waals surface area contributed by atoms with Gasteiger partial charge in [-0.05, 0) is 18.1 Å². The molecule has 3 aromatic rings. The molecule has 0 unspecified atom stereocenters. The van der Waals surface area contributed by atoms with Gasteiger partial charge in [-0.1, -0.05) is 30.3 Å². The van der Waals surface area contributed by atoms with Crippen LogP contribution in [0, 0.1) is 0 Å². The molecule has 0 radical (unpaired) electrons. The van der Waals surface area contributed by atoms with Crippen LogP contribution in [-0.4, -0.2) is 57.3 Å². The average Bonchev–Trinajstić information content (AvgIpc) is 3.29. The zero-order valence-corrected chi connectivity index (χ0v) is 17.6. The van der Waals surface area contributed by atoms with Crippen LogP contribution in [-0.2, 0) is 22.3 Å². The van der Waals surface area contributed by atoms with Crippen molar-refractivity contribution in [2.75, 3.05) is 45.9 Å². The number of rotatable bonds is 8. The van der Waals surface area contributed by atoms with Crippen molar-refractivity contribution in [3.05, 3.63) is 53.9 Å². The fraction of sp³-hybridized carbons (Fsp3) is 0.391. The number of benzene rings is 2. The summed E-state index contributed by atoms with van der Waals surface area (Å²) in [6, 6.07) is 14.2. The number of fused-ring (bicyclic) bond motifs is 1. The van der Waals surface area contributed by atoms with Crippen molar-refractivity contribution >= 4 is 16.7 Å². The van der Waals surface area contributed by atoms with Gasteiger partial charge in [0, 0.05) is 24.9 Å². The summed E-state index contributed by atoms with van der Waals surface area (Å²) in [5, 5.41) is 0.900. The molecule has 7 heteroatoms. The molecule has 0 atom stereocenters. The zero-order valence-electron chi connectivity index (χ0n) is 17.6. The van der Waals surface area contributed by atoms with Gasteiger partial charge in [0.25, 0.3) is 0 Å². The van der Waals surface area contributed by atoms with Crippen LogP contribution >= 0.6 is 0 Å². The van der Waals surface area contributed by atoms with E-state index >= 15 is 0 Å². The van der Waals surface area contributed by atoms with Crippen LogP contribution < -0.4 is 14.4 Å². The van der Waals surface area contributed by atoms with Gasteiger partial charge in [-0.3, -0.25) is 0 Å². The van der Waals surface area contributed by atoms with E-state index in [1.807, 2.05) is 25.2 Å². The third-order valence-electron chi connectivity index (χ3n) is 5.18. The van der Waals surface area contributed by atoms with Crippen molar-refractivity contribution in [3.8, 4) is 11.5 Å². The molecule has 2 heterocycles. The summed E-state index contributed by atoms with van der Waals surface area (Å²) >= 11 is 0. The van der Waals surface area contributed by atoms with E-state index in [4.69, 9.17) is 28.9 Å². The molecule has 4 rings (SSSR count). The molecular formula is C23H27N3O4. The molecule has 1 aliphatic heterocycles. The largest absolute Gasteiger partial charge is 0.493 e. The minimum absolute atomic E-state index is 0.257. The number of anilines is 1. The lowest BCUT2D eigenvalue weighted by Crippen LogP contribution is -2.30. The molecule has 1 aromatic heterocycles. The lowest BCUT2D eigenvalue weighted by atomic mass is 10.1. The summed E-state index contributed by atoms with van der Waals surface area (Å²) in [6.45, 7) is 1.82. The first-order chi connectivity index (χ1) is 14.7. The molecule has 1 aliphatic rings. The van der Waals surface area contributed by atoms with Gasteiger partial charge in [-0.15, -0.1) is 0 Å². The Morgan fingerprint density at radius 3 is 2.37 bits per heavy atom. The monoisotopic (exact) mass is 409 g/mol. The Balaban J connectivity index is 1.70. The number of methoxy groups -OCH3 is 2. The minimum atomic E-state index is -0.257. The van der Waals surface area contributed by atoms with E-state index in [1.165, 1.54) is 5.56 Å². The number of aromatic nitrogens is 2. The van der Waals surface area contributed by atoms with Crippen molar-refractivity contribution in [2.45, 2.75) is 19.1 Å². The molecule has 0 aliphatic carbocycles. The minimum Gasteiger partial charge on any atom is -0.493 e. The molecule has 0 saturated carbocycles. The van der Waals surface area contributed by atoms with Gasteiger partial charge in [0.15, 0.2) is 17.8 Å². The second kappa shape index (κ2) is 9.28. The first kappa shape index (κ1) is 20.4. The summed E-state index contributed by atoms with van der Waals surface area (Å²) in [6.07, 6.45) is 1.36. The van der Waals surface area contributed by atoms with E-state index in [-0.39, 0.29) is 6.29 Å². The van der Waals surface area contributed by atoms with Crippen LogP contribution in [0.2, 0.25) is 0 Å². The smallest absolute Gasteiger partial charge is 0.175 e. The molecular weight excluding hydrogens is 382 g/mol. The first-order valence-electron chi connectivity index (χ1n) is 10.1. The van der Waals surface area contributed by atoms with Gasteiger partial charge >= 0.3 is 0 Å². The maximum absolute atomic E-state index is 5.62. The maximum Gasteiger partial charge on any atom is 0.175 e. The highest BCUT2D eigenvalue weighted by molar-refractivity contribution is 5.92. The van der Waals surface area contributed by atoms with Crippen molar-refractivity contribution < 1.29 is 18.9 Å². The second-order valence-electron chi connectivity index (χ2n) is 7.23. The van der Waals surface area contributed by atoms with Gasteiger partial charge in [-0.2, -0.15) is 0 Å². The van der Waals surface area contributed by atoms with Crippen molar-refractivity contribution in [1.82, 2.24) is 9.97 Å². The standard InChI is InChI=1S/C23H27N3O4/c1-26(15-22-29-11-12-30-22)23-17-13-19(27-2)20(28-3)14-18(17)24-21(25-23)10-9-16-7-5-4-6-8-16/h4-8,13-14,22H,9-12,15H2,1-3H3. The van der Waals surface area contributed by atoms with Crippen molar-refractivity contribution in [3.63, 3.8) is 0 Å². The quantitative estimate of drug-likeness (QED) is 0.566. The molecule has 0 spiro atoms. The third kappa shape index (κ3) is 4.47. The Kier molecular flexibility index (Phi) is 6.30. The summed E-state index contributed by atoms with van der Waals surface area (Å²) in [5.74, 6) is 2.90. The fourth-order valence-corrected chi connectivity index (χ4v) is 3.61. The molecule has 7 nitrogen and oxygen atoms in total. The number of hydrogen-bond acceptors (Lipinski definition) is 7. The number of ether oxygens (including phenoxy) is 4. The summed E-state index contributed by atoms with van der Waals surface area (Å²) in [4.78, 5) is 11.8. The first-order valence-corrected chi connectivity index (χ1v) is 10.1. The molecule has 1 fully saturated rings. The molecule has 158 valence electrons. The molecule has 0 N–H and O–H groups in total. The SMILES string of the molecule is COc1cc2nc(CCc3ccccc3)nc(N(C)CC3OCCO3)c2cc1OC. The molecule has 30 heavy (non-hydrogen) atoms. The predicted molar refractivity (Wildman–Crippen MR) is 115 cm³/mol. The Morgan fingerprint density at radius 2 is 1.67 bits per heavy atom. The molecule has 0 bridgehead atoms. The summed E-state index contributed by atoms with van der Waals surface area (Å²) in [7, 11) is 5.25. The number of aryl methyl sites for hydroxylation is 2. The van der Waals surface area contributed by atoms with Crippen LogP contribution in [0.25, 0.3) is 10.9 Å². The molecule has 0 amide bonds. The van der Waals surface area contributed by atoms with Crippen LogP contribution in [0.5, 0.6) is 11.5 Å². The third-order valence-corrected chi connectivity index (χ3v) is 5.18. The highest BCUT2D eigenvalue weighted by atomic mass is 16.7. The van der Waals surface area contributed by atoms with E-state index in [9.17, 15) is 0 Å². The van der Waals surface area contributed by atoms with Gasteiger partial charge in [-0.25, -0.2) is 9.97 Å². The van der Waals surface area contributed by atoms with Crippen LogP contribution in [0.1, 0.15) is 11.4 Å². The van der Waals surface area contributed by atoms with Gasteiger partial charge < -0.3 is 23.8 Å². The molecule has 2 aromatic carbocycles. The molecule has 1 saturated heterocycles. The lowest BCUT2D eigenvalue weighted by molar-refractivity contribution is -0.0336. The van der Waals surface area contributed by atoms with E-state index in [0.29, 0.717) is 31.3 Å². The van der Waals surface area contributed by atoms with Gasteiger partial charge in [0.05, 0.1) is 39.5 Å². The van der Waals surface area contributed by atoms with Crippen molar-refractivity contribution in [1.29, 1.82) is 0 Å². The van der Waals surface area contributed by atoms with Crippen LogP contribution in [0.15, 0.2) is 42.5 Å². The predicted octanol–water partition coefficient (Wildman–Crippen LogP) is 3.24. The van der Waals surface area contributed by atoms with E-state index < -0.39 is 0 Å². The maximum atomic E-state index is 5.62. The Morgan fingerprint density at radius 1 is 0.967 bits per heavy atom. The van der Waals surface area contributed by atoms with Gasteiger partial charge in [0.1, 0.15) is 11.6 Å². The zero-order chi connectivity index (χ0) is 20.9. The number of nitrogens with zero attached hydrogens (tertiary/aromatic N) is 3. The summed E-state index contributed by atoms with van der Waals surface area (Å²) in [5.41, 5.74) is 2.08. The lowest BCUT2D eigenvalue weighted by Gasteiger charge is -2.23. The normalized spacial score (nSPS) is 14.2. The number of likely N-dealkylation sites (N-methyl/N-ethyl adjacent to an activating group) is 1. The van der Waals surface area contributed by atoms with E-state index in [2.05, 4.69) is 29.2 Å². The Labute approximate surface area is 176 Å². The number of hydrogen-bond donors (Lipinski definition) is 0. The Hall–Kier alpha value is -2.90. The summed E-state index contributed by atoms with van der Waals surface area (Å²) < 4.78 is 22.2. The van der Waals surface area contributed by atoms with Crippen LogP contribution in [0.3, 0.4) is 0 Å². The topological polar surface area (TPSA) is 65.9 Å². The highest BCUT2D eigenvalue weighted by Crippen LogP contribution is 2.35. The highest BCUT2D eigenvalue weighted by Gasteiger charge is 2.21.